The molecule has 0 fully saturated rings. The summed E-state index contributed by atoms with van der Waals surface area (Å²) < 4.78 is 35.6. The van der Waals surface area contributed by atoms with Gasteiger partial charge in [-0.3, -0.25) is 14.7 Å². The highest BCUT2D eigenvalue weighted by atomic mass is 32.2. The van der Waals surface area contributed by atoms with E-state index in [1.165, 1.54) is 11.1 Å². The maximum Gasteiger partial charge on any atom is 0.320 e. The van der Waals surface area contributed by atoms with Crippen LogP contribution in [0, 0.1) is 20.8 Å². The molecule has 0 aromatic heterocycles. The van der Waals surface area contributed by atoms with E-state index in [1.54, 1.807) is 13.8 Å². The molecule has 0 amide bonds. The van der Waals surface area contributed by atoms with E-state index >= 15 is 0 Å². The Hall–Kier alpha value is -3.89. The van der Waals surface area contributed by atoms with Crippen molar-refractivity contribution in [3.8, 4) is 5.75 Å². The predicted octanol–water partition coefficient (Wildman–Crippen LogP) is 4.97. The minimum atomic E-state index is -4.02. The molecule has 45 heavy (non-hydrogen) atoms. The van der Waals surface area contributed by atoms with Gasteiger partial charge in [-0.2, -0.15) is 0 Å². The van der Waals surface area contributed by atoms with Crippen molar-refractivity contribution in [3.63, 3.8) is 0 Å². The molecule has 1 atom stereocenters. The zero-order valence-electron chi connectivity index (χ0n) is 27.0. The molecule has 1 aliphatic heterocycles. The molecule has 1 heterocycles. The molecule has 3 aromatic rings. The molecule has 240 valence electrons. The van der Waals surface area contributed by atoms with Crippen LogP contribution < -0.4 is 15.2 Å². The molecule has 2 aliphatic rings. The van der Waals surface area contributed by atoms with Gasteiger partial charge in [-0.05, 0) is 106 Å². The normalized spacial score (nSPS) is 16.7. The summed E-state index contributed by atoms with van der Waals surface area (Å²) >= 11 is 0. The summed E-state index contributed by atoms with van der Waals surface area (Å²) in [6.07, 6.45) is 3.12. The smallest absolute Gasteiger partial charge is 0.320 e. The number of carboxylic acid groups (broad SMARTS) is 1. The maximum atomic E-state index is 13.5. The summed E-state index contributed by atoms with van der Waals surface area (Å²) in [6, 6.07) is 15.5. The zero-order valence-corrected chi connectivity index (χ0v) is 27.8. The third-order valence-electron chi connectivity index (χ3n) is 9.26. The van der Waals surface area contributed by atoms with Crippen LogP contribution >= 0.6 is 0 Å². The van der Waals surface area contributed by atoms with Gasteiger partial charge in [0.15, 0.2) is 0 Å². The number of hydrogen-bond acceptors (Lipinski definition) is 6. The van der Waals surface area contributed by atoms with E-state index in [2.05, 4.69) is 34.0 Å². The van der Waals surface area contributed by atoms with Gasteiger partial charge >= 0.3 is 5.97 Å². The molecule has 0 saturated carbocycles. The molecule has 9 nitrogen and oxygen atoms in total. The predicted molar refractivity (Wildman–Crippen MR) is 176 cm³/mol. The number of ether oxygens (including phenoxy) is 1. The van der Waals surface area contributed by atoms with Gasteiger partial charge in [0.25, 0.3) is 10.0 Å². The van der Waals surface area contributed by atoms with Crippen LogP contribution in [0.2, 0.25) is 0 Å². The fraction of sp³-hybridized carbons (Fsp3) is 0.429. The number of sulfonamides is 1. The minimum absolute atomic E-state index is 0.174. The Morgan fingerprint density at radius 3 is 2.20 bits per heavy atom. The molecule has 0 bridgehead atoms. The third kappa shape index (κ3) is 6.44. The number of nitrogens with one attached hydrogen (secondary N) is 1. The molecule has 3 aromatic carbocycles. The number of hydrogen-bond donors (Lipinski definition) is 3. The maximum absolute atomic E-state index is 13.5. The summed E-state index contributed by atoms with van der Waals surface area (Å²) in [5.74, 6) is -0.390. The molecule has 1 aliphatic carbocycles. The second kappa shape index (κ2) is 12.5. The summed E-state index contributed by atoms with van der Waals surface area (Å²) in [4.78, 5) is 19.0. The lowest BCUT2D eigenvalue weighted by Gasteiger charge is -2.34. The van der Waals surface area contributed by atoms with Crippen molar-refractivity contribution < 1.29 is 23.1 Å². The number of aliphatic imine (C=N–C) groups is 1. The fourth-order valence-corrected chi connectivity index (χ4v) is 8.49. The number of benzene rings is 3. The van der Waals surface area contributed by atoms with Crippen molar-refractivity contribution in [2.24, 2.45) is 10.7 Å². The van der Waals surface area contributed by atoms with Crippen LogP contribution in [-0.2, 0) is 34.1 Å². The lowest BCUT2D eigenvalue weighted by molar-refractivity contribution is -0.143. The van der Waals surface area contributed by atoms with E-state index in [9.17, 15) is 18.3 Å². The lowest BCUT2D eigenvalue weighted by Crippen LogP contribution is -2.41. The Balaban J connectivity index is 1.30. The van der Waals surface area contributed by atoms with E-state index in [1.807, 2.05) is 57.0 Å². The molecular formula is C35H44N4O5S. The molecule has 4 N–H and O–H groups in total. The number of guanidine groups is 1. The van der Waals surface area contributed by atoms with Crippen molar-refractivity contribution in [2.45, 2.75) is 89.3 Å². The van der Waals surface area contributed by atoms with E-state index in [0.29, 0.717) is 30.4 Å². The van der Waals surface area contributed by atoms with Gasteiger partial charge in [0, 0.05) is 18.5 Å². The van der Waals surface area contributed by atoms with Crippen LogP contribution in [0.3, 0.4) is 0 Å². The number of nitrogens with zero attached hydrogens (tertiary/aromatic N) is 2. The second-order valence-corrected chi connectivity index (χ2v) is 14.5. The van der Waals surface area contributed by atoms with Gasteiger partial charge in [0.1, 0.15) is 17.4 Å². The first kappa shape index (κ1) is 32.5. The summed E-state index contributed by atoms with van der Waals surface area (Å²) in [5, 5.41) is 10.3. The standard InChI is InChI=1S/C35H44N4O5S/c1-21-22(2)32(23(3)28-20-35(4,5)44-31(21)28)45(42,43)38-34(36)37-19-11-16-29(33(40)41)39(6)30-26-14-9-7-12-24(26)17-18-25-13-8-10-15-27(25)30/h7-10,12-15,29-30H,11,16-20H2,1-6H3,(H,40,41)(H3,36,37,38)/t29-/m1/s1. The topological polar surface area (TPSA) is 134 Å². The van der Waals surface area contributed by atoms with Gasteiger partial charge < -0.3 is 15.6 Å². The van der Waals surface area contributed by atoms with Gasteiger partial charge in [0.2, 0.25) is 5.96 Å². The first-order chi connectivity index (χ1) is 21.2. The minimum Gasteiger partial charge on any atom is -0.487 e. The molecule has 10 heteroatoms. The number of aryl methyl sites for hydroxylation is 2. The summed E-state index contributed by atoms with van der Waals surface area (Å²) in [5.41, 5.74) is 13.3. The molecule has 0 unspecified atom stereocenters. The first-order valence-corrected chi connectivity index (χ1v) is 16.9. The quantitative estimate of drug-likeness (QED) is 0.172. The van der Waals surface area contributed by atoms with Crippen LogP contribution in [0.4, 0.5) is 0 Å². The van der Waals surface area contributed by atoms with E-state index in [4.69, 9.17) is 10.5 Å². The monoisotopic (exact) mass is 632 g/mol. The highest BCUT2D eigenvalue weighted by Crippen LogP contribution is 2.44. The number of carboxylic acids is 1. The Labute approximate surface area is 266 Å². The average molecular weight is 633 g/mol. The van der Waals surface area contributed by atoms with E-state index in [0.717, 1.165) is 40.8 Å². The third-order valence-corrected chi connectivity index (χ3v) is 10.9. The van der Waals surface area contributed by atoms with Crippen LogP contribution in [0.5, 0.6) is 5.75 Å². The van der Waals surface area contributed by atoms with Gasteiger partial charge in [-0.1, -0.05) is 48.5 Å². The second-order valence-electron chi connectivity index (χ2n) is 12.9. The average Bonchev–Trinajstić information content (AvgIpc) is 3.21. The first-order valence-electron chi connectivity index (χ1n) is 15.5. The molecule has 0 saturated heterocycles. The molecular weight excluding hydrogens is 588 g/mol. The lowest BCUT2D eigenvalue weighted by atomic mass is 9.92. The molecule has 0 radical (unpaired) electrons. The van der Waals surface area contributed by atoms with E-state index < -0.39 is 27.6 Å². The molecule has 5 rings (SSSR count). The fourth-order valence-electron chi connectivity index (χ4n) is 6.97. The summed E-state index contributed by atoms with van der Waals surface area (Å²) in [7, 11) is -2.16. The number of carbonyl (C=O) groups is 1. The number of rotatable bonds is 9. The Morgan fingerprint density at radius 2 is 1.62 bits per heavy atom. The molecule has 0 spiro atoms. The van der Waals surface area contributed by atoms with Gasteiger partial charge in [0.05, 0.1) is 10.9 Å². The number of fused-ring (bicyclic) bond motifs is 3. The zero-order chi connectivity index (χ0) is 32.7. The Morgan fingerprint density at radius 1 is 1.04 bits per heavy atom. The van der Waals surface area contributed by atoms with Gasteiger partial charge in [-0.25, -0.2) is 13.1 Å². The number of aliphatic carboxylic acids is 1. The van der Waals surface area contributed by atoms with Crippen molar-refractivity contribution in [3.05, 3.63) is 93.0 Å². The Bertz CT molecular complexity index is 1720. The van der Waals surface area contributed by atoms with E-state index in [-0.39, 0.29) is 23.4 Å². The van der Waals surface area contributed by atoms with Crippen molar-refractivity contribution in [1.82, 2.24) is 9.62 Å². The largest absolute Gasteiger partial charge is 0.487 e. The SMILES string of the molecule is Cc1c(C)c(S(=O)(=O)NC(N)=NCCC[C@H](C(=O)O)N(C)C2c3ccccc3CCc3ccccc32)c(C)c2c1OC(C)(C)C2. The van der Waals surface area contributed by atoms with Crippen LogP contribution in [0.25, 0.3) is 0 Å². The highest BCUT2D eigenvalue weighted by molar-refractivity contribution is 7.90. The van der Waals surface area contributed by atoms with Crippen LogP contribution in [0.1, 0.15) is 77.2 Å². The van der Waals surface area contributed by atoms with Crippen molar-refractivity contribution in [2.75, 3.05) is 13.6 Å². The van der Waals surface area contributed by atoms with Crippen molar-refractivity contribution >= 4 is 22.0 Å². The van der Waals surface area contributed by atoms with Crippen LogP contribution in [0.15, 0.2) is 58.4 Å². The van der Waals surface area contributed by atoms with Gasteiger partial charge in [-0.15, -0.1) is 0 Å². The number of likely N-dealkylation sites (N-methyl/N-ethyl adjacent to an activating group) is 1. The Kier molecular flexibility index (Phi) is 9.01. The highest BCUT2D eigenvalue weighted by Gasteiger charge is 2.37. The number of nitrogens with two attached hydrogens (primary N) is 1. The van der Waals surface area contributed by atoms with Crippen molar-refractivity contribution in [1.29, 1.82) is 0 Å². The van der Waals surface area contributed by atoms with Crippen LogP contribution in [-0.4, -0.2) is 55.6 Å². The summed E-state index contributed by atoms with van der Waals surface area (Å²) in [6.45, 7) is 9.58.